The van der Waals surface area contributed by atoms with Gasteiger partial charge in [-0.2, -0.15) is 0 Å². The van der Waals surface area contributed by atoms with Crippen LogP contribution in [0.4, 0.5) is 0 Å². The fourth-order valence-corrected chi connectivity index (χ4v) is 3.71. The van der Waals surface area contributed by atoms with Gasteiger partial charge in [0.15, 0.2) is 11.5 Å². The number of hydrogen-bond donors (Lipinski definition) is 1. The molecular formula is C25H23N7O. The lowest BCUT2D eigenvalue weighted by Gasteiger charge is -2.04. The minimum atomic E-state index is -0.271. The molecule has 8 heteroatoms. The molecule has 164 valence electrons. The molecule has 0 bridgehead atoms. The number of benzene rings is 1. The molecule has 8 nitrogen and oxygen atoms in total. The number of amides is 1. The van der Waals surface area contributed by atoms with Gasteiger partial charge in [0.05, 0.1) is 29.6 Å². The minimum Gasteiger partial charge on any atom is -0.345 e. The van der Waals surface area contributed by atoms with E-state index >= 15 is 0 Å². The number of pyridine rings is 1. The Hall–Kier alpha value is -4.33. The van der Waals surface area contributed by atoms with Crippen LogP contribution < -0.4 is 5.32 Å². The van der Waals surface area contributed by atoms with Gasteiger partial charge < -0.3 is 9.88 Å². The summed E-state index contributed by atoms with van der Waals surface area (Å²) in [4.78, 5) is 30.9. The summed E-state index contributed by atoms with van der Waals surface area (Å²) in [5.41, 5.74) is 4.49. The van der Waals surface area contributed by atoms with E-state index in [0.717, 1.165) is 17.0 Å². The van der Waals surface area contributed by atoms with Crippen LogP contribution in [0.25, 0.3) is 17.0 Å². The van der Waals surface area contributed by atoms with Crippen molar-refractivity contribution in [2.24, 2.45) is 0 Å². The second kappa shape index (κ2) is 8.66. The largest absolute Gasteiger partial charge is 0.345 e. The smallest absolute Gasteiger partial charge is 0.272 e. The number of hydrogen-bond acceptors (Lipinski definition) is 5. The molecule has 5 rings (SSSR count). The van der Waals surface area contributed by atoms with Gasteiger partial charge in [-0.3, -0.25) is 19.2 Å². The third-order valence-corrected chi connectivity index (χ3v) is 5.43. The summed E-state index contributed by atoms with van der Waals surface area (Å²) in [7, 11) is 0. The number of fused-ring (bicyclic) bond motifs is 1. The first-order valence-corrected chi connectivity index (χ1v) is 10.7. The summed E-state index contributed by atoms with van der Waals surface area (Å²) < 4.78 is 3.99. The number of nitrogens with zero attached hydrogens (tertiary/aromatic N) is 6. The van der Waals surface area contributed by atoms with Crippen LogP contribution in [0.5, 0.6) is 0 Å². The highest BCUT2D eigenvalue weighted by molar-refractivity contribution is 5.99. The number of aryl methyl sites for hydroxylation is 2. The Bertz CT molecular complexity index is 1420. The SMILES string of the molecule is Cc1cnc(CNC(=O)c2nc(-c3cn(Cc4ccccc4)c(C)n3)n3ccccc23)cn1. The van der Waals surface area contributed by atoms with Crippen molar-refractivity contribution in [1.82, 2.24) is 34.2 Å². The van der Waals surface area contributed by atoms with Gasteiger partial charge in [0.25, 0.3) is 5.91 Å². The van der Waals surface area contributed by atoms with E-state index in [2.05, 4.69) is 37.0 Å². The van der Waals surface area contributed by atoms with Gasteiger partial charge >= 0.3 is 0 Å². The molecule has 1 amide bonds. The lowest BCUT2D eigenvalue weighted by molar-refractivity contribution is 0.0947. The maximum Gasteiger partial charge on any atom is 0.272 e. The summed E-state index contributed by atoms with van der Waals surface area (Å²) in [5, 5.41) is 2.90. The zero-order chi connectivity index (χ0) is 22.8. The second-order valence-electron chi connectivity index (χ2n) is 7.86. The maximum absolute atomic E-state index is 13.0. The molecule has 5 aromatic rings. The normalized spacial score (nSPS) is 11.1. The first-order chi connectivity index (χ1) is 16.1. The van der Waals surface area contributed by atoms with Crippen molar-refractivity contribution in [3.63, 3.8) is 0 Å². The van der Waals surface area contributed by atoms with E-state index in [9.17, 15) is 4.79 Å². The number of rotatable bonds is 6. The Kier molecular flexibility index (Phi) is 5.40. The van der Waals surface area contributed by atoms with E-state index < -0.39 is 0 Å². The Morgan fingerprint density at radius 1 is 0.970 bits per heavy atom. The molecule has 1 aromatic carbocycles. The lowest BCUT2D eigenvalue weighted by Crippen LogP contribution is -2.24. The first kappa shape index (κ1) is 20.6. The van der Waals surface area contributed by atoms with Gasteiger partial charge in [0.1, 0.15) is 11.5 Å². The average Bonchev–Trinajstić information content (AvgIpc) is 3.40. The van der Waals surface area contributed by atoms with Gasteiger partial charge in [0, 0.05) is 25.1 Å². The molecule has 0 spiro atoms. The van der Waals surface area contributed by atoms with Crippen LogP contribution in [0.1, 0.15) is 33.3 Å². The van der Waals surface area contributed by atoms with Crippen molar-refractivity contribution in [3.05, 3.63) is 102 Å². The first-order valence-electron chi connectivity index (χ1n) is 10.7. The van der Waals surface area contributed by atoms with Crippen molar-refractivity contribution >= 4 is 11.4 Å². The van der Waals surface area contributed by atoms with Crippen molar-refractivity contribution in [2.75, 3.05) is 0 Å². The van der Waals surface area contributed by atoms with E-state index in [0.29, 0.717) is 29.5 Å². The van der Waals surface area contributed by atoms with Crippen LogP contribution in [0.3, 0.4) is 0 Å². The number of aromatic nitrogens is 6. The molecule has 0 saturated carbocycles. The van der Waals surface area contributed by atoms with Crippen molar-refractivity contribution in [2.45, 2.75) is 26.9 Å². The van der Waals surface area contributed by atoms with E-state index in [4.69, 9.17) is 4.98 Å². The van der Waals surface area contributed by atoms with E-state index in [-0.39, 0.29) is 12.5 Å². The monoisotopic (exact) mass is 437 g/mol. The van der Waals surface area contributed by atoms with Crippen molar-refractivity contribution in [3.8, 4) is 11.5 Å². The molecule has 0 aliphatic rings. The van der Waals surface area contributed by atoms with Gasteiger partial charge in [-0.1, -0.05) is 36.4 Å². The Balaban J connectivity index is 1.45. The van der Waals surface area contributed by atoms with Crippen LogP contribution in [0.15, 0.2) is 73.3 Å². The zero-order valence-corrected chi connectivity index (χ0v) is 18.4. The molecule has 4 heterocycles. The fourth-order valence-electron chi connectivity index (χ4n) is 3.71. The summed E-state index contributed by atoms with van der Waals surface area (Å²) in [6.45, 7) is 4.83. The second-order valence-corrected chi connectivity index (χ2v) is 7.86. The molecule has 33 heavy (non-hydrogen) atoms. The molecule has 0 radical (unpaired) electrons. The molecule has 4 aromatic heterocycles. The summed E-state index contributed by atoms with van der Waals surface area (Å²) in [6, 6.07) is 15.9. The van der Waals surface area contributed by atoms with E-state index in [1.54, 1.807) is 12.4 Å². The number of nitrogens with one attached hydrogen (secondary N) is 1. The van der Waals surface area contributed by atoms with Crippen LogP contribution in [0.2, 0.25) is 0 Å². The molecule has 0 saturated heterocycles. The quantitative estimate of drug-likeness (QED) is 0.439. The molecule has 0 aliphatic heterocycles. The topological polar surface area (TPSA) is 90.0 Å². The van der Waals surface area contributed by atoms with Crippen LogP contribution in [-0.4, -0.2) is 34.8 Å². The predicted molar refractivity (Wildman–Crippen MR) is 125 cm³/mol. The molecule has 0 atom stereocenters. The minimum absolute atomic E-state index is 0.271. The standard InChI is InChI=1S/C25H23N7O/c1-17-12-27-20(13-26-17)14-28-25(33)23-22-10-6-7-11-32(22)24(30-23)21-16-31(18(2)29-21)15-19-8-4-3-5-9-19/h3-13,16H,14-15H2,1-2H3,(H,28,33). The Morgan fingerprint density at radius 2 is 1.79 bits per heavy atom. The highest BCUT2D eigenvalue weighted by Gasteiger charge is 2.20. The highest BCUT2D eigenvalue weighted by atomic mass is 16.1. The summed E-state index contributed by atoms with van der Waals surface area (Å²) >= 11 is 0. The number of carbonyl (C=O) groups is 1. The fraction of sp³-hybridized carbons (Fsp3) is 0.160. The van der Waals surface area contributed by atoms with E-state index in [1.807, 2.05) is 67.0 Å². The van der Waals surface area contributed by atoms with E-state index in [1.165, 1.54) is 5.56 Å². The highest BCUT2D eigenvalue weighted by Crippen LogP contribution is 2.23. The van der Waals surface area contributed by atoms with Crippen LogP contribution in [0, 0.1) is 13.8 Å². The predicted octanol–water partition coefficient (Wildman–Crippen LogP) is 3.58. The molecular weight excluding hydrogens is 414 g/mol. The Labute approximate surface area is 191 Å². The average molecular weight is 438 g/mol. The molecule has 0 fully saturated rings. The van der Waals surface area contributed by atoms with Gasteiger partial charge in [-0.15, -0.1) is 0 Å². The molecule has 0 unspecified atom stereocenters. The van der Waals surface area contributed by atoms with Crippen LogP contribution >= 0.6 is 0 Å². The maximum atomic E-state index is 13.0. The Morgan fingerprint density at radius 3 is 2.58 bits per heavy atom. The van der Waals surface area contributed by atoms with Gasteiger partial charge in [-0.05, 0) is 31.5 Å². The summed E-state index contributed by atoms with van der Waals surface area (Å²) in [6.07, 6.45) is 7.22. The third-order valence-electron chi connectivity index (χ3n) is 5.43. The summed E-state index contributed by atoms with van der Waals surface area (Å²) in [5.74, 6) is 1.24. The third kappa shape index (κ3) is 4.23. The van der Waals surface area contributed by atoms with Gasteiger partial charge in [-0.25, -0.2) is 9.97 Å². The lowest BCUT2D eigenvalue weighted by atomic mass is 10.2. The number of imidazole rings is 2. The van der Waals surface area contributed by atoms with Crippen molar-refractivity contribution < 1.29 is 4.79 Å². The van der Waals surface area contributed by atoms with Crippen molar-refractivity contribution in [1.29, 1.82) is 0 Å². The molecule has 0 aliphatic carbocycles. The van der Waals surface area contributed by atoms with Crippen LogP contribution in [-0.2, 0) is 13.1 Å². The molecule has 1 N–H and O–H groups in total. The zero-order valence-electron chi connectivity index (χ0n) is 18.4. The number of carbonyl (C=O) groups excluding carboxylic acids is 1. The van der Waals surface area contributed by atoms with Gasteiger partial charge in [0.2, 0.25) is 0 Å².